The van der Waals surface area contributed by atoms with Crippen molar-refractivity contribution in [3.8, 4) is 0 Å². The zero-order valence-electron chi connectivity index (χ0n) is 13.1. The van der Waals surface area contributed by atoms with Gasteiger partial charge in [0.15, 0.2) is 0 Å². The second kappa shape index (κ2) is 7.11. The Kier molecular flexibility index (Phi) is 5.10. The van der Waals surface area contributed by atoms with Gasteiger partial charge in [-0.25, -0.2) is 0 Å². The number of amides is 2. The van der Waals surface area contributed by atoms with E-state index in [1.165, 1.54) is 0 Å². The van der Waals surface area contributed by atoms with Crippen molar-refractivity contribution in [1.29, 1.82) is 0 Å². The second-order valence-corrected chi connectivity index (χ2v) is 7.41. The Hall–Kier alpha value is -1.60. The Labute approximate surface area is 159 Å². The summed E-state index contributed by atoms with van der Waals surface area (Å²) in [7, 11) is 0. The van der Waals surface area contributed by atoms with Crippen molar-refractivity contribution in [2.24, 2.45) is 0 Å². The molecule has 1 aliphatic heterocycles. The number of halogens is 2. The number of hydrogen-bond donors (Lipinski definition) is 1. The minimum Gasteiger partial charge on any atom is -0.322 e. The molecule has 0 saturated carbocycles. The molecule has 124 valence electrons. The predicted molar refractivity (Wildman–Crippen MR) is 105 cm³/mol. The Morgan fingerprint density at radius 2 is 2.04 bits per heavy atom. The average Bonchev–Trinajstić information content (AvgIpc) is 2.96. The molecule has 3 rings (SSSR count). The van der Waals surface area contributed by atoms with E-state index in [1.54, 1.807) is 23.1 Å². The van der Waals surface area contributed by atoms with Crippen molar-refractivity contribution in [3.63, 3.8) is 0 Å². The van der Waals surface area contributed by atoms with Gasteiger partial charge in [-0.3, -0.25) is 9.59 Å². The third-order valence-corrected chi connectivity index (χ3v) is 4.91. The fraction of sp³-hybridized carbons (Fsp3) is 0.222. The van der Waals surface area contributed by atoms with Crippen LogP contribution in [0.5, 0.6) is 0 Å². The van der Waals surface area contributed by atoms with Crippen molar-refractivity contribution in [2.75, 3.05) is 16.8 Å². The maximum atomic E-state index is 12.8. The van der Waals surface area contributed by atoms with E-state index in [1.807, 2.05) is 25.1 Å². The zero-order chi connectivity index (χ0) is 17.3. The van der Waals surface area contributed by atoms with Crippen LogP contribution in [0.3, 0.4) is 0 Å². The summed E-state index contributed by atoms with van der Waals surface area (Å²) < 4.78 is 1.11. The highest BCUT2D eigenvalue weighted by Gasteiger charge is 2.26. The Bertz CT molecular complexity index is 823. The van der Waals surface area contributed by atoms with Gasteiger partial charge in [-0.15, -0.1) is 0 Å². The van der Waals surface area contributed by atoms with E-state index in [-0.39, 0.29) is 11.8 Å². The summed E-state index contributed by atoms with van der Waals surface area (Å²) in [6, 6.07) is 10.8. The number of nitrogens with one attached hydrogen (secondary N) is 1. The molecule has 1 N–H and O–H groups in total. The van der Waals surface area contributed by atoms with Crippen molar-refractivity contribution in [2.45, 2.75) is 19.8 Å². The van der Waals surface area contributed by atoms with E-state index in [4.69, 9.17) is 11.6 Å². The molecular formula is C18H16ClIN2O2. The molecule has 4 nitrogen and oxygen atoms in total. The van der Waals surface area contributed by atoms with Gasteiger partial charge < -0.3 is 10.2 Å². The van der Waals surface area contributed by atoms with Gasteiger partial charge in [-0.1, -0.05) is 11.6 Å². The molecule has 0 unspecified atom stereocenters. The first-order chi connectivity index (χ1) is 11.5. The maximum Gasteiger partial charge on any atom is 0.257 e. The van der Waals surface area contributed by atoms with E-state index in [0.717, 1.165) is 21.2 Å². The average molecular weight is 455 g/mol. The zero-order valence-corrected chi connectivity index (χ0v) is 16.0. The lowest BCUT2D eigenvalue weighted by Crippen LogP contribution is -2.27. The van der Waals surface area contributed by atoms with Crippen LogP contribution in [0.1, 0.15) is 28.8 Å². The van der Waals surface area contributed by atoms with E-state index in [2.05, 4.69) is 27.9 Å². The molecule has 1 aliphatic rings. The van der Waals surface area contributed by atoms with Gasteiger partial charge in [-0.05, 0) is 77.9 Å². The standard InChI is InChI=1S/C18H16ClIN2O2/c1-11-9-13(20)5-7-15(11)21-18(24)14-6-4-12(19)10-16(14)22-8-2-3-17(22)23/h4-7,9-10H,2-3,8H2,1H3,(H,21,24). The quantitative estimate of drug-likeness (QED) is 0.688. The number of carbonyl (C=O) groups excluding carboxylic acids is 2. The van der Waals surface area contributed by atoms with Gasteiger partial charge in [0.05, 0.1) is 11.3 Å². The number of rotatable bonds is 3. The lowest BCUT2D eigenvalue weighted by molar-refractivity contribution is -0.117. The number of hydrogen-bond acceptors (Lipinski definition) is 2. The smallest absolute Gasteiger partial charge is 0.257 e. The molecule has 0 bridgehead atoms. The number of anilines is 2. The van der Waals surface area contributed by atoms with E-state index in [9.17, 15) is 9.59 Å². The first-order valence-electron chi connectivity index (χ1n) is 7.63. The van der Waals surface area contributed by atoms with Crippen LogP contribution in [-0.4, -0.2) is 18.4 Å². The Morgan fingerprint density at radius 1 is 1.25 bits per heavy atom. The fourth-order valence-electron chi connectivity index (χ4n) is 2.78. The van der Waals surface area contributed by atoms with Crippen molar-refractivity contribution in [1.82, 2.24) is 0 Å². The lowest BCUT2D eigenvalue weighted by atomic mass is 10.1. The summed E-state index contributed by atoms with van der Waals surface area (Å²) in [6.45, 7) is 2.56. The van der Waals surface area contributed by atoms with Crippen molar-refractivity contribution in [3.05, 3.63) is 56.1 Å². The van der Waals surface area contributed by atoms with E-state index < -0.39 is 0 Å². The van der Waals surface area contributed by atoms with Gasteiger partial charge >= 0.3 is 0 Å². The van der Waals surface area contributed by atoms with Crippen LogP contribution in [-0.2, 0) is 4.79 Å². The Balaban J connectivity index is 1.93. The summed E-state index contributed by atoms with van der Waals surface area (Å²) in [5.41, 5.74) is 2.77. The highest BCUT2D eigenvalue weighted by Crippen LogP contribution is 2.29. The first-order valence-corrected chi connectivity index (χ1v) is 9.09. The molecule has 2 amide bonds. The monoisotopic (exact) mass is 454 g/mol. The molecule has 0 atom stereocenters. The van der Waals surface area contributed by atoms with Gasteiger partial charge in [0.1, 0.15) is 0 Å². The van der Waals surface area contributed by atoms with Crippen LogP contribution < -0.4 is 10.2 Å². The molecule has 0 aliphatic carbocycles. The highest BCUT2D eigenvalue weighted by atomic mass is 127. The highest BCUT2D eigenvalue weighted by molar-refractivity contribution is 14.1. The summed E-state index contributed by atoms with van der Waals surface area (Å²) in [5.74, 6) is -0.220. The summed E-state index contributed by atoms with van der Waals surface area (Å²) in [4.78, 5) is 26.5. The number of nitrogens with zero attached hydrogens (tertiary/aromatic N) is 1. The van der Waals surface area contributed by atoms with Gasteiger partial charge in [-0.2, -0.15) is 0 Å². The van der Waals surface area contributed by atoms with Crippen LogP contribution in [0.15, 0.2) is 36.4 Å². The Morgan fingerprint density at radius 3 is 2.71 bits per heavy atom. The van der Waals surface area contributed by atoms with Gasteiger partial charge in [0.25, 0.3) is 5.91 Å². The summed E-state index contributed by atoms with van der Waals surface area (Å²) in [6.07, 6.45) is 1.30. The number of aryl methyl sites for hydroxylation is 1. The molecule has 0 aromatic heterocycles. The fourth-order valence-corrected chi connectivity index (χ4v) is 3.59. The molecular weight excluding hydrogens is 439 g/mol. The predicted octanol–water partition coefficient (Wildman–Crippen LogP) is 4.63. The van der Waals surface area contributed by atoms with Crippen molar-refractivity contribution < 1.29 is 9.59 Å². The van der Waals surface area contributed by atoms with E-state index in [0.29, 0.717) is 29.2 Å². The van der Waals surface area contributed by atoms with Crippen LogP contribution in [0.2, 0.25) is 5.02 Å². The molecule has 24 heavy (non-hydrogen) atoms. The third-order valence-electron chi connectivity index (χ3n) is 4.01. The molecule has 6 heteroatoms. The first kappa shape index (κ1) is 17.2. The minimum atomic E-state index is -0.245. The second-order valence-electron chi connectivity index (χ2n) is 5.72. The molecule has 1 fully saturated rings. The number of benzene rings is 2. The normalized spacial score (nSPS) is 14.1. The molecule has 2 aromatic rings. The SMILES string of the molecule is Cc1cc(I)ccc1NC(=O)c1ccc(Cl)cc1N1CCCC1=O. The molecule has 2 aromatic carbocycles. The summed E-state index contributed by atoms with van der Waals surface area (Å²) in [5, 5.41) is 3.43. The third kappa shape index (κ3) is 3.57. The number of carbonyl (C=O) groups is 2. The van der Waals surface area contributed by atoms with E-state index >= 15 is 0 Å². The molecule has 0 spiro atoms. The largest absolute Gasteiger partial charge is 0.322 e. The van der Waals surface area contributed by atoms with Crippen molar-refractivity contribution >= 4 is 57.4 Å². The topological polar surface area (TPSA) is 49.4 Å². The lowest BCUT2D eigenvalue weighted by Gasteiger charge is -2.20. The maximum absolute atomic E-state index is 12.8. The molecule has 0 radical (unpaired) electrons. The molecule has 1 saturated heterocycles. The van der Waals surface area contributed by atoms with Gasteiger partial charge in [0, 0.05) is 27.2 Å². The minimum absolute atomic E-state index is 0.0248. The van der Waals surface area contributed by atoms with Crippen LogP contribution in [0, 0.1) is 10.5 Å². The van der Waals surface area contributed by atoms with Crippen LogP contribution in [0.4, 0.5) is 11.4 Å². The summed E-state index contributed by atoms with van der Waals surface area (Å²) >= 11 is 8.31. The van der Waals surface area contributed by atoms with Crippen LogP contribution >= 0.6 is 34.2 Å². The van der Waals surface area contributed by atoms with Gasteiger partial charge in [0.2, 0.25) is 5.91 Å². The van der Waals surface area contributed by atoms with Crippen LogP contribution in [0.25, 0.3) is 0 Å². The molecule has 1 heterocycles.